The molecule has 0 amide bonds. The first kappa shape index (κ1) is 9.86. The van der Waals surface area contributed by atoms with Gasteiger partial charge in [0.1, 0.15) is 6.61 Å². The smallest absolute Gasteiger partial charge is 0.236 e. The first-order valence-corrected chi connectivity index (χ1v) is 5.30. The Bertz CT molecular complexity index is 439. The van der Waals surface area contributed by atoms with E-state index < -0.39 is 0 Å². The Balaban J connectivity index is 2.02. The van der Waals surface area contributed by atoms with Gasteiger partial charge in [-0.2, -0.15) is 4.37 Å². The molecule has 0 aliphatic rings. The Morgan fingerprint density at radius 1 is 1.33 bits per heavy atom. The predicted octanol–water partition coefficient (Wildman–Crippen LogP) is 2.53. The third kappa shape index (κ3) is 2.41. The molecule has 0 fully saturated rings. The van der Waals surface area contributed by atoms with Crippen LogP contribution >= 0.6 is 11.5 Å². The van der Waals surface area contributed by atoms with Crippen molar-refractivity contribution >= 4 is 17.8 Å². The van der Waals surface area contributed by atoms with Crippen LogP contribution in [0, 0.1) is 0 Å². The summed E-state index contributed by atoms with van der Waals surface area (Å²) >= 11 is 1.22. The van der Waals surface area contributed by atoms with Crippen LogP contribution in [0.4, 0.5) is 0 Å². The van der Waals surface area contributed by atoms with Gasteiger partial charge in [-0.05, 0) is 17.1 Å². The second-order valence-electron chi connectivity index (χ2n) is 2.97. The lowest BCUT2D eigenvalue weighted by Gasteiger charge is -2.02. The van der Waals surface area contributed by atoms with E-state index in [9.17, 15) is 4.79 Å². The van der Waals surface area contributed by atoms with E-state index in [0.717, 1.165) is 11.8 Å². The quantitative estimate of drug-likeness (QED) is 0.742. The number of carbonyl (C=O) groups is 1. The summed E-state index contributed by atoms with van der Waals surface area (Å²) in [5.41, 5.74) is 1.57. The zero-order chi connectivity index (χ0) is 10.5. The van der Waals surface area contributed by atoms with Crippen molar-refractivity contribution in [1.82, 2.24) is 4.37 Å². The highest BCUT2D eigenvalue weighted by Gasteiger charge is 2.05. The van der Waals surface area contributed by atoms with Crippen molar-refractivity contribution in [3.8, 4) is 5.88 Å². The Morgan fingerprint density at radius 2 is 2.13 bits per heavy atom. The number of aromatic nitrogens is 1. The number of rotatable bonds is 4. The van der Waals surface area contributed by atoms with Gasteiger partial charge in [-0.3, -0.25) is 4.79 Å². The monoisotopic (exact) mass is 219 g/mol. The maximum atomic E-state index is 10.6. The first-order valence-electron chi connectivity index (χ1n) is 4.46. The molecular formula is C11H9NO2S. The van der Waals surface area contributed by atoms with Crippen LogP contribution in [0.1, 0.15) is 15.9 Å². The summed E-state index contributed by atoms with van der Waals surface area (Å²) < 4.78 is 9.41. The number of ether oxygens (including phenoxy) is 1. The molecule has 0 bridgehead atoms. The highest BCUT2D eigenvalue weighted by Crippen LogP contribution is 2.17. The Kier molecular flexibility index (Phi) is 3.09. The van der Waals surface area contributed by atoms with Crippen LogP contribution in [-0.2, 0) is 6.61 Å². The topological polar surface area (TPSA) is 39.2 Å². The van der Waals surface area contributed by atoms with E-state index in [1.807, 2.05) is 30.3 Å². The zero-order valence-corrected chi connectivity index (χ0v) is 8.74. The number of benzene rings is 1. The lowest BCUT2D eigenvalue weighted by Crippen LogP contribution is -1.96. The molecule has 76 valence electrons. The normalized spacial score (nSPS) is 9.87. The van der Waals surface area contributed by atoms with Crippen LogP contribution in [0.5, 0.6) is 5.88 Å². The highest BCUT2D eigenvalue weighted by molar-refractivity contribution is 7.04. The maximum Gasteiger partial charge on any atom is 0.236 e. The molecule has 0 N–H and O–H groups in total. The van der Waals surface area contributed by atoms with Crippen molar-refractivity contribution in [3.63, 3.8) is 0 Å². The Morgan fingerprint density at radius 3 is 2.87 bits per heavy atom. The van der Waals surface area contributed by atoms with Gasteiger partial charge in [0, 0.05) is 5.38 Å². The van der Waals surface area contributed by atoms with E-state index >= 15 is 0 Å². The summed E-state index contributed by atoms with van der Waals surface area (Å²) in [4.78, 5) is 10.6. The molecule has 1 heterocycles. The van der Waals surface area contributed by atoms with Crippen LogP contribution in [0.2, 0.25) is 0 Å². The van der Waals surface area contributed by atoms with E-state index in [2.05, 4.69) is 4.37 Å². The minimum absolute atomic E-state index is 0.416. The third-order valence-electron chi connectivity index (χ3n) is 1.91. The number of nitrogens with zero attached hydrogens (tertiary/aromatic N) is 1. The van der Waals surface area contributed by atoms with Crippen molar-refractivity contribution in [2.45, 2.75) is 6.61 Å². The van der Waals surface area contributed by atoms with E-state index in [1.165, 1.54) is 11.5 Å². The van der Waals surface area contributed by atoms with Gasteiger partial charge in [-0.15, -0.1) is 0 Å². The minimum atomic E-state index is 0.416. The molecule has 0 aliphatic carbocycles. The average molecular weight is 219 g/mol. The fourth-order valence-corrected chi connectivity index (χ4v) is 1.72. The number of carbonyl (C=O) groups excluding carboxylic acids is 1. The molecule has 15 heavy (non-hydrogen) atoms. The van der Waals surface area contributed by atoms with Gasteiger partial charge in [-0.25, -0.2) is 0 Å². The molecule has 4 heteroatoms. The third-order valence-corrected chi connectivity index (χ3v) is 2.54. The molecule has 0 radical (unpaired) electrons. The summed E-state index contributed by atoms with van der Waals surface area (Å²) in [7, 11) is 0. The zero-order valence-electron chi connectivity index (χ0n) is 7.92. The van der Waals surface area contributed by atoms with E-state index in [1.54, 1.807) is 5.38 Å². The largest absolute Gasteiger partial charge is 0.472 e. The van der Waals surface area contributed by atoms with Gasteiger partial charge in [0.2, 0.25) is 5.88 Å². The lowest BCUT2D eigenvalue weighted by molar-refractivity contribution is 0.111. The number of hydrogen-bond donors (Lipinski definition) is 0. The number of hydrogen-bond acceptors (Lipinski definition) is 4. The lowest BCUT2D eigenvalue weighted by atomic mass is 10.2. The molecule has 0 saturated carbocycles. The van der Waals surface area contributed by atoms with Crippen molar-refractivity contribution in [2.24, 2.45) is 0 Å². The van der Waals surface area contributed by atoms with E-state index in [4.69, 9.17) is 4.74 Å². The summed E-state index contributed by atoms with van der Waals surface area (Å²) in [5.74, 6) is 0.416. The van der Waals surface area contributed by atoms with Crippen molar-refractivity contribution < 1.29 is 9.53 Å². The molecule has 0 aliphatic heterocycles. The molecule has 1 aromatic heterocycles. The average Bonchev–Trinajstić information content (AvgIpc) is 2.75. The van der Waals surface area contributed by atoms with Crippen LogP contribution in [-0.4, -0.2) is 10.7 Å². The molecule has 2 rings (SSSR count). The van der Waals surface area contributed by atoms with Crippen molar-refractivity contribution in [1.29, 1.82) is 0 Å². The molecule has 0 saturated heterocycles. The van der Waals surface area contributed by atoms with Crippen LogP contribution < -0.4 is 4.74 Å². The van der Waals surface area contributed by atoms with Gasteiger partial charge < -0.3 is 4.74 Å². The fraction of sp³-hybridized carbons (Fsp3) is 0.0909. The Hall–Kier alpha value is -1.68. The maximum absolute atomic E-state index is 10.6. The summed E-state index contributed by atoms with van der Waals surface area (Å²) in [6.45, 7) is 0.436. The van der Waals surface area contributed by atoms with E-state index in [0.29, 0.717) is 18.1 Å². The van der Waals surface area contributed by atoms with Gasteiger partial charge >= 0.3 is 0 Å². The first-order chi connectivity index (χ1) is 7.40. The molecule has 2 aromatic rings. The summed E-state index contributed by atoms with van der Waals surface area (Å²) in [5, 5.41) is 1.67. The van der Waals surface area contributed by atoms with E-state index in [-0.39, 0.29) is 0 Å². The predicted molar refractivity (Wildman–Crippen MR) is 58.3 cm³/mol. The molecule has 0 spiro atoms. The second-order valence-corrected chi connectivity index (χ2v) is 3.60. The van der Waals surface area contributed by atoms with Crippen LogP contribution in [0.15, 0.2) is 35.7 Å². The van der Waals surface area contributed by atoms with Crippen LogP contribution in [0.25, 0.3) is 0 Å². The van der Waals surface area contributed by atoms with Crippen molar-refractivity contribution in [3.05, 3.63) is 46.8 Å². The van der Waals surface area contributed by atoms with Crippen molar-refractivity contribution in [2.75, 3.05) is 0 Å². The highest BCUT2D eigenvalue weighted by atomic mass is 32.1. The minimum Gasteiger partial charge on any atom is -0.472 e. The van der Waals surface area contributed by atoms with Gasteiger partial charge in [-0.1, -0.05) is 30.3 Å². The van der Waals surface area contributed by atoms with Crippen LogP contribution in [0.3, 0.4) is 0 Å². The standard InChI is InChI=1S/C11H9NO2S/c13-6-10-8-15-12-11(10)14-7-9-4-2-1-3-5-9/h1-6,8H,7H2. The second kappa shape index (κ2) is 4.70. The Labute approximate surface area is 91.5 Å². The molecule has 3 nitrogen and oxygen atoms in total. The van der Waals surface area contributed by atoms with Gasteiger partial charge in [0.25, 0.3) is 0 Å². The molecule has 1 aromatic carbocycles. The van der Waals surface area contributed by atoms with Gasteiger partial charge in [0.05, 0.1) is 5.56 Å². The molecule has 0 unspecified atom stereocenters. The SMILES string of the molecule is O=Cc1csnc1OCc1ccccc1. The van der Waals surface area contributed by atoms with Gasteiger partial charge in [0.15, 0.2) is 6.29 Å². The summed E-state index contributed by atoms with van der Waals surface area (Å²) in [6.07, 6.45) is 0.754. The molecule has 0 atom stereocenters. The summed E-state index contributed by atoms with van der Waals surface area (Å²) in [6, 6.07) is 9.77. The fourth-order valence-electron chi connectivity index (χ4n) is 1.15. The number of aldehydes is 1. The molecular weight excluding hydrogens is 210 g/mol.